The zero-order chi connectivity index (χ0) is 15.6. The van der Waals surface area contributed by atoms with Crippen molar-refractivity contribution >= 4 is 23.3 Å². The Labute approximate surface area is 132 Å². The van der Waals surface area contributed by atoms with Gasteiger partial charge >= 0.3 is 0 Å². The summed E-state index contributed by atoms with van der Waals surface area (Å²) in [7, 11) is 0. The van der Waals surface area contributed by atoms with Crippen molar-refractivity contribution in [3.8, 4) is 11.4 Å². The third kappa shape index (κ3) is 2.76. The molecule has 2 aromatic heterocycles. The molecule has 0 amide bonds. The van der Waals surface area contributed by atoms with Crippen LogP contribution in [0.25, 0.3) is 34.6 Å². The van der Waals surface area contributed by atoms with Gasteiger partial charge in [0.1, 0.15) is 5.52 Å². The highest BCUT2D eigenvalue weighted by Crippen LogP contribution is 2.23. The van der Waals surface area contributed by atoms with E-state index in [-0.39, 0.29) is 0 Å². The fourth-order valence-electron chi connectivity index (χ4n) is 2.33. The predicted molar refractivity (Wildman–Crippen MR) is 87.4 cm³/mol. The van der Waals surface area contributed by atoms with Crippen molar-refractivity contribution in [2.75, 3.05) is 0 Å². The molecule has 112 valence electrons. The van der Waals surface area contributed by atoms with E-state index < -0.39 is 0 Å². The van der Waals surface area contributed by atoms with E-state index in [0.717, 1.165) is 22.2 Å². The number of rotatable bonds is 3. The van der Waals surface area contributed by atoms with Crippen LogP contribution in [0.5, 0.6) is 0 Å². The van der Waals surface area contributed by atoms with E-state index in [2.05, 4.69) is 15.1 Å². The van der Waals surface area contributed by atoms with E-state index in [9.17, 15) is 0 Å². The highest BCUT2D eigenvalue weighted by atomic mass is 16.5. The smallest absolute Gasteiger partial charge is 0.250 e. The van der Waals surface area contributed by atoms with E-state index in [1.165, 1.54) is 0 Å². The number of hydrogen-bond donors (Lipinski definition) is 0. The molecule has 0 N–H and O–H groups in total. The molecule has 0 spiro atoms. The zero-order valence-electron chi connectivity index (χ0n) is 12.4. The molecule has 0 unspecified atom stereocenters. The molecule has 0 fully saturated rings. The number of fused-ring (bicyclic) bond motifs is 1. The van der Waals surface area contributed by atoms with Gasteiger partial charge in [-0.15, -0.1) is 0 Å². The first-order chi connectivity index (χ1) is 11.3. The molecule has 4 aromatic rings. The fourth-order valence-corrected chi connectivity index (χ4v) is 2.33. The number of aromatic nitrogens is 3. The van der Waals surface area contributed by atoms with Crippen molar-refractivity contribution in [2.24, 2.45) is 0 Å². The number of benzene rings is 2. The molecule has 0 saturated heterocycles. The van der Waals surface area contributed by atoms with Crippen LogP contribution in [0.1, 0.15) is 17.3 Å². The maximum absolute atomic E-state index is 5.46. The monoisotopic (exact) mass is 303 g/mol. The number of aryl methyl sites for hydroxylation is 1. The van der Waals surface area contributed by atoms with E-state index >= 15 is 0 Å². The summed E-state index contributed by atoms with van der Waals surface area (Å²) >= 11 is 0. The van der Waals surface area contributed by atoms with E-state index in [0.29, 0.717) is 17.6 Å². The van der Waals surface area contributed by atoms with Crippen LogP contribution in [-0.4, -0.2) is 15.1 Å². The lowest BCUT2D eigenvalue weighted by Crippen LogP contribution is -1.81. The van der Waals surface area contributed by atoms with Gasteiger partial charge in [-0.3, -0.25) is 0 Å². The Kier molecular flexibility index (Phi) is 3.24. The Morgan fingerprint density at radius 2 is 1.83 bits per heavy atom. The summed E-state index contributed by atoms with van der Waals surface area (Å²) in [6.45, 7) is 1.82. The second kappa shape index (κ2) is 5.53. The van der Waals surface area contributed by atoms with Gasteiger partial charge in [0.15, 0.2) is 11.5 Å². The van der Waals surface area contributed by atoms with Crippen LogP contribution in [-0.2, 0) is 0 Å². The summed E-state index contributed by atoms with van der Waals surface area (Å²) in [6.07, 6.45) is 3.73. The Bertz CT molecular complexity index is 984. The van der Waals surface area contributed by atoms with Crippen LogP contribution in [0, 0.1) is 6.92 Å². The molecule has 0 aliphatic heterocycles. The van der Waals surface area contributed by atoms with Crippen molar-refractivity contribution in [2.45, 2.75) is 6.92 Å². The van der Waals surface area contributed by atoms with Crippen LogP contribution in [0.3, 0.4) is 0 Å². The Balaban J connectivity index is 1.62. The van der Waals surface area contributed by atoms with Gasteiger partial charge in [-0.1, -0.05) is 35.5 Å². The van der Waals surface area contributed by atoms with Crippen molar-refractivity contribution in [3.05, 3.63) is 65.9 Å². The first-order valence-electron chi connectivity index (χ1n) is 7.22. The summed E-state index contributed by atoms with van der Waals surface area (Å²) in [5, 5.41) is 4.02. The maximum atomic E-state index is 5.46. The minimum Gasteiger partial charge on any atom is -0.441 e. The van der Waals surface area contributed by atoms with Gasteiger partial charge in [0.2, 0.25) is 5.82 Å². The van der Waals surface area contributed by atoms with E-state index in [1.54, 1.807) is 6.08 Å². The minimum absolute atomic E-state index is 0.459. The maximum Gasteiger partial charge on any atom is 0.250 e. The van der Waals surface area contributed by atoms with Crippen LogP contribution in [0.15, 0.2) is 57.5 Å². The lowest BCUT2D eigenvalue weighted by atomic mass is 10.2. The van der Waals surface area contributed by atoms with E-state index in [1.807, 2.05) is 61.5 Å². The van der Waals surface area contributed by atoms with E-state index in [4.69, 9.17) is 8.94 Å². The van der Waals surface area contributed by atoms with Gasteiger partial charge in [0, 0.05) is 18.6 Å². The number of hydrogen-bond acceptors (Lipinski definition) is 5. The number of oxazole rings is 1. The standard InChI is InChI=1S/C18H13N3O2/c1-12-19-15-11-14(8-9-16(15)22-12)18-20-17(23-21-18)10-7-13-5-3-2-4-6-13/h2-11H,1H3/b10-7+. The molecular weight excluding hydrogens is 290 g/mol. The molecule has 0 saturated carbocycles. The van der Waals surface area contributed by atoms with Gasteiger partial charge in [-0.05, 0) is 29.8 Å². The zero-order valence-corrected chi connectivity index (χ0v) is 12.4. The molecule has 0 aliphatic rings. The molecule has 0 atom stereocenters. The van der Waals surface area contributed by atoms with Crippen LogP contribution in [0.4, 0.5) is 0 Å². The topological polar surface area (TPSA) is 65.0 Å². The summed E-state index contributed by atoms with van der Waals surface area (Å²) < 4.78 is 10.7. The molecule has 0 radical (unpaired) electrons. The Morgan fingerprint density at radius 1 is 0.957 bits per heavy atom. The Morgan fingerprint density at radius 3 is 2.70 bits per heavy atom. The van der Waals surface area contributed by atoms with Crippen LogP contribution < -0.4 is 0 Å². The predicted octanol–water partition coefficient (Wildman–Crippen LogP) is 4.36. The second-order valence-corrected chi connectivity index (χ2v) is 5.12. The average molecular weight is 303 g/mol. The molecular formula is C18H13N3O2. The highest BCUT2D eigenvalue weighted by Gasteiger charge is 2.09. The minimum atomic E-state index is 0.459. The van der Waals surface area contributed by atoms with Gasteiger partial charge in [-0.2, -0.15) is 4.98 Å². The molecule has 2 aromatic carbocycles. The fraction of sp³-hybridized carbons (Fsp3) is 0.0556. The highest BCUT2D eigenvalue weighted by molar-refractivity contribution is 5.78. The Hall–Kier alpha value is -3.21. The quantitative estimate of drug-likeness (QED) is 0.562. The largest absolute Gasteiger partial charge is 0.441 e. The third-order valence-corrected chi connectivity index (χ3v) is 3.41. The lowest BCUT2D eigenvalue weighted by Gasteiger charge is -1.92. The van der Waals surface area contributed by atoms with Crippen molar-refractivity contribution < 1.29 is 8.94 Å². The summed E-state index contributed by atoms with van der Waals surface area (Å²) in [5.74, 6) is 1.62. The SMILES string of the molecule is Cc1nc2cc(-c3noc(/C=C/c4ccccc4)n3)ccc2o1. The van der Waals surface area contributed by atoms with Gasteiger partial charge in [-0.25, -0.2) is 4.98 Å². The molecule has 5 heteroatoms. The van der Waals surface area contributed by atoms with Crippen LogP contribution >= 0.6 is 0 Å². The average Bonchev–Trinajstić information content (AvgIpc) is 3.18. The van der Waals surface area contributed by atoms with Crippen molar-refractivity contribution in [1.82, 2.24) is 15.1 Å². The lowest BCUT2D eigenvalue weighted by molar-refractivity contribution is 0.411. The van der Waals surface area contributed by atoms with Crippen molar-refractivity contribution in [1.29, 1.82) is 0 Å². The van der Waals surface area contributed by atoms with Gasteiger partial charge < -0.3 is 8.94 Å². The summed E-state index contributed by atoms with van der Waals surface area (Å²) in [5.41, 5.74) is 3.45. The summed E-state index contributed by atoms with van der Waals surface area (Å²) in [6, 6.07) is 15.6. The molecule has 4 rings (SSSR count). The first kappa shape index (κ1) is 13.5. The number of nitrogens with zero attached hydrogens (tertiary/aromatic N) is 3. The molecule has 0 aliphatic carbocycles. The van der Waals surface area contributed by atoms with Gasteiger partial charge in [0.25, 0.3) is 5.89 Å². The molecule has 23 heavy (non-hydrogen) atoms. The molecule has 5 nitrogen and oxygen atoms in total. The van der Waals surface area contributed by atoms with Gasteiger partial charge in [0.05, 0.1) is 0 Å². The normalized spacial score (nSPS) is 11.5. The molecule has 0 bridgehead atoms. The second-order valence-electron chi connectivity index (χ2n) is 5.12. The molecule has 2 heterocycles. The van der Waals surface area contributed by atoms with Crippen LogP contribution in [0.2, 0.25) is 0 Å². The first-order valence-corrected chi connectivity index (χ1v) is 7.22. The summed E-state index contributed by atoms with van der Waals surface area (Å²) in [4.78, 5) is 8.70. The van der Waals surface area contributed by atoms with Crippen molar-refractivity contribution in [3.63, 3.8) is 0 Å². The third-order valence-electron chi connectivity index (χ3n) is 3.41.